The van der Waals surface area contributed by atoms with Gasteiger partial charge in [-0.25, -0.2) is 0 Å². The lowest BCUT2D eigenvalue weighted by Gasteiger charge is -2.15. The molecule has 0 aliphatic carbocycles. The van der Waals surface area contributed by atoms with E-state index < -0.39 is 0 Å². The van der Waals surface area contributed by atoms with E-state index in [1.54, 1.807) is 0 Å². The van der Waals surface area contributed by atoms with Gasteiger partial charge in [0.25, 0.3) is 0 Å². The second-order valence-electron chi connectivity index (χ2n) is 3.40. The fraction of sp³-hybridized carbons (Fsp3) is 0.800. The van der Waals surface area contributed by atoms with Crippen LogP contribution in [-0.4, -0.2) is 13.1 Å². The van der Waals surface area contributed by atoms with Crippen LogP contribution in [0.3, 0.4) is 0 Å². The van der Waals surface area contributed by atoms with Gasteiger partial charge in [-0.15, -0.1) is 6.58 Å². The van der Waals surface area contributed by atoms with Gasteiger partial charge in [0.15, 0.2) is 0 Å². The molecule has 11 heavy (non-hydrogen) atoms. The van der Waals surface area contributed by atoms with Crippen molar-refractivity contribution in [2.45, 2.75) is 39.2 Å². The van der Waals surface area contributed by atoms with Crippen LogP contribution in [0.25, 0.3) is 0 Å². The molecule has 1 heteroatoms. The van der Waals surface area contributed by atoms with Crippen molar-refractivity contribution in [2.75, 3.05) is 7.05 Å². The summed E-state index contributed by atoms with van der Waals surface area (Å²) in [5.74, 6) is 0.815. The van der Waals surface area contributed by atoms with Crippen LogP contribution < -0.4 is 5.32 Å². The van der Waals surface area contributed by atoms with Crippen LogP contribution in [0.1, 0.15) is 33.1 Å². The molecule has 0 rings (SSSR count). The molecule has 2 unspecified atom stereocenters. The van der Waals surface area contributed by atoms with Crippen LogP contribution >= 0.6 is 0 Å². The molecule has 0 saturated carbocycles. The van der Waals surface area contributed by atoms with Crippen LogP contribution in [0.4, 0.5) is 0 Å². The first-order valence-electron chi connectivity index (χ1n) is 4.48. The van der Waals surface area contributed by atoms with Crippen molar-refractivity contribution in [3.63, 3.8) is 0 Å². The Bertz CT molecular complexity index is 99.0. The van der Waals surface area contributed by atoms with Crippen molar-refractivity contribution in [1.82, 2.24) is 5.32 Å². The Balaban J connectivity index is 3.34. The minimum absolute atomic E-state index is 0.648. The fourth-order valence-corrected chi connectivity index (χ4v) is 1.24. The van der Waals surface area contributed by atoms with Gasteiger partial charge in [-0.2, -0.15) is 0 Å². The van der Waals surface area contributed by atoms with E-state index in [1.165, 1.54) is 12.8 Å². The first-order chi connectivity index (χ1) is 5.20. The summed E-state index contributed by atoms with van der Waals surface area (Å²) in [6.07, 6.45) is 5.69. The van der Waals surface area contributed by atoms with Crippen molar-refractivity contribution in [2.24, 2.45) is 5.92 Å². The summed E-state index contributed by atoms with van der Waals surface area (Å²) in [5.41, 5.74) is 0. The molecule has 0 aliphatic rings. The largest absolute Gasteiger partial charge is 0.317 e. The summed E-state index contributed by atoms with van der Waals surface area (Å²) in [6, 6.07) is 0.648. The van der Waals surface area contributed by atoms with Gasteiger partial charge in [-0.1, -0.05) is 13.0 Å². The van der Waals surface area contributed by atoms with Gasteiger partial charge >= 0.3 is 0 Å². The van der Waals surface area contributed by atoms with E-state index in [2.05, 4.69) is 25.7 Å². The van der Waals surface area contributed by atoms with E-state index in [0.717, 1.165) is 12.3 Å². The SMILES string of the molecule is C=CCCC(C)CC(C)NC. The van der Waals surface area contributed by atoms with Gasteiger partial charge in [0, 0.05) is 6.04 Å². The van der Waals surface area contributed by atoms with E-state index in [1.807, 2.05) is 13.1 Å². The molecule has 2 atom stereocenters. The third-order valence-electron chi connectivity index (χ3n) is 2.11. The van der Waals surface area contributed by atoms with Crippen LogP contribution in [0.15, 0.2) is 12.7 Å². The van der Waals surface area contributed by atoms with Crippen molar-refractivity contribution in [3.05, 3.63) is 12.7 Å². The highest BCUT2D eigenvalue weighted by atomic mass is 14.8. The van der Waals surface area contributed by atoms with E-state index in [4.69, 9.17) is 0 Å². The maximum atomic E-state index is 3.72. The smallest absolute Gasteiger partial charge is 0.00382 e. The Kier molecular flexibility index (Phi) is 6.24. The normalized spacial score (nSPS) is 15.9. The van der Waals surface area contributed by atoms with Gasteiger partial charge in [-0.05, 0) is 39.2 Å². The van der Waals surface area contributed by atoms with Crippen molar-refractivity contribution < 1.29 is 0 Å². The monoisotopic (exact) mass is 155 g/mol. The molecule has 0 aromatic heterocycles. The minimum atomic E-state index is 0.648. The minimum Gasteiger partial charge on any atom is -0.317 e. The number of allylic oxidation sites excluding steroid dienone is 1. The maximum Gasteiger partial charge on any atom is 0.00382 e. The molecule has 1 nitrogen and oxygen atoms in total. The fourth-order valence-electron chi connectivity index (χ4n) is 1.24. The van der Waals surface area contributed by atoms with Crippen molar-refractivity contribution in [3.8, 4) is 0 Å². The topological polar surface area (TPSA) is 12.0 Å². The Morgan fingerprint density at radius 3 is 2.55 bits per heavy atom. The molecule has 1 N–H and O–H groups in total. The van der Waals surface area contributed by atoms with Gasteiger partial charge < -0.3 is 5.32 Å². The molecule has 0 fully saturated rings. The van der Waals surface area contributed by atoms with E-state index in [-0.39, 0.29) is 0 Å². The van der Waals surface area contributed by atoms with E-state index >= 15 is 0 Å². The molecule has 0 aliphatic heterocycles. The molecular formula is C10H21N. The zero-order valence-corrected chi connectivity index (χ0v) is 8.06. The standard InChI is InChI=1S/C10H21N/c1-5-6-7-9(2)8-10(3)11-4/h5,9-11H,1,6-8H2,2-4H3. The highest BCUT2D eigenvalue weighted by Crippen LogP contribution is 2.12. The summed E-state index contributed by atoms with van der Waals surface area (Å²) < 4.78 is 0. The third kappa shape index (κ3) is 6.11. The van der Waals surface area contributed by atoms with Crippen LogP contribution in [-0.2, 0) is 0 Å². The Morgan fingerprint density at radius 1 is 1.45 bits per heavy atom. The summed E-state index contributed by atoms with van der Waals surface area (Å²) in [4.78, 5) is 0. The molecule has 0 aromatic rings. The molecule has 0 bridgehead atoms. The average Bonchev–Trinajstić information content (AvgIpc) is 2.00. The predicted octanol–water partition coefficient (Wildman–Crippen LogP) is 2.59. The van der Waals surface area contributed by atoms with Crippen molar-refractivity contribution >= 4 is 0 Å². The lowest BCUT2D eigenvalue weighted by atomic mass is 9.98. The number of hydrogen-bond donors (Lipinski definition) is 1. The molecule has 0 spiro atoms. The number of hydrogen-bond acceptors (Lipinski definition) is 1. The molecule has 66 valence electrons. The van der Waals surface area contributed by atoms with Crippen LogP contribution in [0.2, 0.25) is 0 Å². The van der Waals surface area contributed by atoms with Crippen LogP contribution in [0.5, 0.6) is 0 Å². The molecule has 0 radical (unpaired) electrons. The molecular weight excluding hydrogens is 134 g/mol. The highest BCUT2D eigenvalue weighted by molar-refractivity contribution is 4.70. The summed E-state index contributed by atoms with van der Waals surface area (Å²) >= 11 is 0. The van der Waals surface area contributed by atoms with Gasteiger partial charge in [0.1, 0.15) is 0 Å². The summed E-state index contributed by atoms with van der Waals surface area (Å²) in [7, 11) is 2.02. The number of nitrogens with one attached hydrogen (secondary N) is 1. The molecule has 0 saturated heterocycles. The number of rotatable bonds is 6. The highest BCUT2D eigenvalue weighted by Gasteiger charge is 2.04. The van der Waals surface area contributed by atoms with Gasteiger partial charge in [-0.3, -0.25) is 0 Å². The Hall–Kier alpha value is -0.300. The third-order valence-corrected chi connectivity index (χ3v) is 2.11. The summed E-state index contributed by atoms with van der Waals surface area (Å²) in [6.45, 7) is 8.25. The lowest BCUT2D eigenvalue weighted by molar-refractivity contribution is 0.422. The molecule has 0 heterocycles. The Labute approximate surface area is 70.9 Å². The van der Waals surface area contributed by atoms with Gasteiger partial charge in [0.2, 0.25) is 0 Å². The zero-order chi connectivity index (χ0) is 8.69. The molecule has 0 aromatic carbocycles. The maximum absolute atomic E-state index is 3.72. The van der Waals surface area contributed by atoms with E-state index in [9.17, 15) is 0 Å². The van der Waals surface area contributed by atoms with Crippen molar-refractivity contribution in [1.29, 1.82) is 0 Å². The second kappa shape index (κ2) is 6.41. The summed E-state index contributed by atoms with van der Waals surface area (Å²) in [5, 5.41) is 3.25. The zero-order valence-electron chi connectivity index (χ0n) is 8.06. The molecule has 0 amide bonds. The van der Waals surface area contributed by atoms with Gasteiger partial charge in [0.05, 0.1) is 0 Å². The van der Waals surface area contributed by atoms with Crippen LogP contribution in [0, 0.1) is 5.92 Å². The first kappa shape index (κ1) is 10.7. The second-order valence-corrected chi connectivity index (χ2v) is 3.40. The predicted molar refractivity (Wildman–Crippen MR) is 51.7 cm³/mol. The van der Waals surface area contributed by atoms with E-state index in [0.29, 0.717) is 6.04 Å². The lowest BCUT2D eigenvalue weighted by Crippen LogP contribution is -2.23. The first-order valence-corrected chi connectivity index (χ1v) is 4.48. The average molecular weight is 155 g/mol. The quantitative estimate of drug-likeness (QED) is 0.581. The Morgan fingerprint density at radius 2 is 2.09 bits per heavy atom.